The number of carbonyl (C=O) groups is 1. The third kappa shape index (κ3) is 4.23. The first-order valence-electron chi connectivity index (χ1n) is 9.00. The molecule has 0 saturated carbocycles. The summed E-state index contributed by atoms with van der Waals surface area (Å²) in [5.74, 6) is -1.55. The van der Waals surface area contributed by atoms with Crippen LogP contribution in [0.1, 0.15) is 15.9 Å². The van der Waals surface area contributed by atoms with Crippen LogP contribution in [0.3, 0.4) is 0 Å². The summed E-state index contributed by atoms with van der Waals surface area (Å²) in [5.41, 5.74) is 1.90. The summed E-state index contributed by atoms with van der Waals surface area (Å²) in [6.45, 7) is 0. The molecule has 3 aromatic carbocycles. The molecule has 0 aliphatic heterocycles. The van der Waals surface area contributed by atoms with E-state index in [1.807, 2.05) is 0 Å². The molecular formula is C21H15Cl2N3O4S. The van der Waals surface area contributed by atoms with Crippen LogP contribution in [0, 0.1) is 0 Å². The van der Waals surface area contributed by atoms with Gasteiger partial charge in [-0.1, -0.05) is 53.5 Å². The highest BCUT2D eigenvalue weighted by Crippen LogP contribution is 2.33. The normalized spacial score (nSPS) is 11.5. The largest absolute Gasteiger partial charge is 0.478 e. The predicted molar refractivity (Wildman–Crippen MR) is 120 cm³/mol. The highest BCUT2D eigenvalue weighted by atomic mass is 35.5. The van der Waals surface area contributed by atoms with Gasteiger partial charge in [-0.05, 0) is 35.9 Å². The Morgan fingerprint density at radius 1 is 1.00 bits per heavy atom. The lowest BCUT2D eigenvalue weighted by Gasteiger charge is -2.13. The average Bonchev–Trinajstić information content (AvgIpc) is 3.18. The maximum Gasteiger partial charge on any atom is 0.337 e. The second-order valence-electron chi connectivity index (χ2n) is 6.69. The molecule has 0 bridgehead atoms. The number of aromatic nitrogens is 2. The number of aromatic carboxylic acids is 1. The first-order chi connectivity index (χ1) is 14.8. The van der Waals surface area contributed by atoms with E-state index in [1.165, 1.54) is 12.1 Å². The van der Waals surface area contributed by atoms with Crippen LogP contribution < -0.4 is 5.32 Å². The number of fused-ring (bicyclic) bond motifs is 1. The number of hydrogen-bond acceptors (Lipinski definition) is 5. The van der Waals surface area contributed by atoms with Crippen molar-refractivity contribution in [2.45, 2.75) is 10.9 Å². The maximum atomic E-state index is 13.1. The van der Waals surface area contributed by atoms with Gasteiger partial charge in [0.25, 0.3) is 0 Å². The van der Waals surface area contributed by atoms with Crippen molar-refractivity contribution in [3.8, 4) is 0 Å². The van der Waals surface area contributed by atoms with Crippen molar-refractivity contribution in [3.63, 3.8) is 0 Å². The quantitative estimate of drug-likeness (QED) is 0.349. The monoisotopic (exact) mass is 475 g/mol. The van der Waals surface area contributed by atoms with E-state index in [4.69, 9.17) is 23.2 Å². The summed E-state index contributed by atoms with van der Waals surface area (Å²) in [5, 5.41) is 12.8. The number of aromatic amines is 1. The molecule has 0 spiro atoms. The number of anilines is 2. The van der Waals surface area contributed by atoms with Gasteiger partial charge in [-0.3, -0.25) is 0 Å². The maximum absolute atomic E-state index is 13.1. The number of H-pyrrole nitrogens is 1. The summed E-state index contributed by atoms with van der Waals surface area (Å²) in [4.78, 5) is 18.2. The van der Waals surface area contributed by atoms with Crippen LogP contribution in [0.2, 0.25) is 10.0 Å². The Hall–Kier alpha value is -3.07. The lowest BCUT2D eigenvalue weighted by atomic mass is 10.2. The zero-order chi connectivity index (χ0) is 22.2. The zero-order valence-corrected chi connectivity index (χ0v) is 18.1. The average molecular weight is 476 g/mol. The third-order valence-electron chi connectivity index (χ3n) is 4.60. The number of imidazole rings is 1. The van der Waals surface area contributed by atoms with Crippen molar-refractivity contribution in [3.05, 3.63) is 81.8 Å². The van der Waals surface area contributed by atoms with E-state index in [9.17, 15) is 18.3 Å². The smallest absolute Gasteiger partial charge is 0.337 e. The number of carboxylic acids is 1. The Bertz CT molecular complexity index is 1420. The molecule has 7 nitrogen and oxygen atoms in total. The van der Waals surface area contributed by atoms with Crippen molar-refractivity contribution in [1.82, 2.24) is 9.97 Å². The summed E-state index contributed by atoms with van der Waals surface area (Å²) >= 11 is 12.3. The van der Waals surface area contributed by atoms with Gasteiger partial charge >= 0.3 is 5.97 Å². The highest BCUT2D eigenvalue weighted by Gasteiger charge is 2.23. The van der Waals surface area contributed by atoms with Crippen LogP contribution >= 0.6 is 23.2 Å². The van der Waals surface area contributed by atoms with Crippen molar-refractivity contribution in [2.75, 3.05) is 5.32 Å². The van der Waals surface area contributed by atoms with Gasteiger partial charge in [-0.2, -0.15) is 0 Å². The van der Waals surface area contributed by atoms with Gasteiger partial charge in [0, 0.05) is 5.69 Å². The minimum absolute atomic E-state index is 0.0761. The fraction of sp³-hybridized carbons (Fsp3) is 0.0476. The predicted octanol–water partition coefficient (Wildman–Crippen LogP) is 5.29. The zero-order valence-electron chi connectivity index (χ0n) is 15.8. The van der Waals surface area contributed by atoms with Crippen molar-refractivity contribution < 1.29 is 18.3 Å². The number of benzene rings is 3. The summed E-state index contributed by atoms with van der Waals surface area (Å²) in [7, 11) is -3.91. The van der Waals surface area contributed by atoms with Crippen LogP contribution in [0.5, 0.6) is 0 Å². The van der Waals surface area contributed by atoms with Gasteiger partial charge in [-0.15, -0.1) is 0 Å². The molecule has 4 rings (SSSR count). The Kier molecular flexibility index (Phi) is 5.62. The van der Waals surface area contributed by atoms with Gasteiger partial charge < -0.3 is 15.4 Å². The van der Waals surface area contributed by atoms with Gasteiger partial charge in [0.15, 0.2) is 0 Å². The lowest BCUT2D eigenvalue weighted by Crippen LogP contribution is -2.09. The molecule has 0 fully saturated rings. The Morgan fingerprint density at radius 3 is 2.48 bits per heavy atom. The molecule has 0 amide bonds. The summed E-state index contributed by atoms with van der Waals surface area (Å²) in [6.07, 6.45) is 0. The van der Waals surface area contributed by atoms with Crippen LogP contribution in [0.25, 0.3) is 11.0 Å². The SMILES string of the molecule is O=C(O)c1cccc2[nH]c(S(=O)(=O)Cc3ccccc3Nc3cccc(Cl)c3Cl)nc12. The minimum atomic E-state index is -3.91. The molecule has 158 valence electrons. The number of hydrogen-bond donors (Lipinski definition) is 3. The molecule has 3 N–H and O–H groups in total. The molecule has 1 aromatic heterocycles. The van der Waals surface area contributed by atoms with E-state index in [0.717, 1.165) is 0 Å². The molecular weight excluding hydrogens is 461 g/mol. The fourth-order valence-electron chi connectivity index (χ4n) is 3.12. The van der Waals surface area contributed by atoms with E-state index in [1.54, 1.807) is 48.5 Å². The first kappa shape index (κ1) is 21.2. The number of halogens is 2. The minimum Gasteiger partial charge on any atom is -0.478 e. The summed E-state index contributed by atoms with van der Waals surface area (Å²) in [6, 6.07) is 16.4. The third-order valence-corrected chi connectivity index (χ3v) is 6.89. The van der Waals surface area contributed by atoms with Gasteiger partial charge in [0.05, 0.1) is 32.6 Å². The van der Waals surface area contributed by atoms with E-state index in [2.05, 4.69) is 15.3 Å². The van der Waals surface area contributed by atoms with Crippen LogP contribution in [0.15, 0.2) is 65.8 Å². The van der Waals surface area contributed by atoms with Gasteiger partial charge in [0.2, 0.25) is 15.0 Å². The number of nitrogens with zero attached hydrogens (tertiary/aromatic N) is 1. The van der Waals surface area contributed by atoms with Gasteiger partial charge in [-0.25, -0.2) is 18.2 Å². The molecule has 31 heavy (non-hydrogen) atoms. The summed E-state index contributed by atoms with van der Waals surface area (Å²) < 4.78 is 26.1. The second-order valence-corrected chi connectivity index (χ2v) is 9.38. The Labute approximate surface area is 187 Å². The fourth-order valence-corrected chi connectivity index (χ4v) is 4.76. The van der Waals surface area contributed by atoms with Crippen molar-refractivity contribution >= 4 is 61.4 Å². The molecule has 1 heterocycles. The van der Waals surface area contributed by atoms with Crippen LogP contribution in [-0.2, 0) is 15.6 Å². The lowest BCUT2D eigenvalue weighted by molar-refractivity contribution is 0.0699. The molecule has 0 aliphatic rings. The highest BCUT2D eigenvalue weighted by molar-refractivity contribution is 7.90. The topological polar surface area (TPSA) is 112 Å². The molecule has 0 aliphatic carbocycles. The molecule has 10 heteroatoms. The number of sulfone groups is 1. The molecule has 4 aromatic rings. The number of rotatable bonds is 6. The van der Waals surface area contributed by atoms with E-state index in [-0.39, 0.29) is 22.0 Å². The number of carboxylic acid groups (broad SMARTS) is 1. The second kappa shape index (κ2) is 8.22. The molecule has 0 unspecified atom stereocenters. The van der Waals surface area contributed by atoms with E-state index < -0.39 is 15.8 Å². The van der Waals surface area contributed by atoms with Crippen molar-refractivity contribution in [2.24, 2.45) is 0 Å². The standard InChI is InChI=1S/C21H15Cl2N3O4S/c22-14-7-4-9-16(18(14)23)24-15-8-2-1-5-12(15)11-31(29,30)21-25-17-10-3-6-13(20(27)28)19(17)26-21/h1-10,24H,11H2,(H,25,26)(H,27,28). The van der Waals surface area contributed by atoms with Crippen LogP contribution in [-0.4, -0.2) is 29.5 Å². The number of nitrogens with one attached hydrogen (secondary N) is 2. The van der Waals surface area contributed by atoms with Gasteiger partial charge in [0.1, 0.15) is 5.52 Å². The van der Waals surface area contributed by atoms with Crippen molar-refractivity contribution in [1.29, 1.82) is 0 Å². The molecule has 0 saturated heterocycles. The molecule has 0 radical (unpaired) electrons. The Balaban J connectivity index is 1.70. The van der Waals surface area contributed by atoms with E-state index >= 15 is 0 Å². The Morgan fingerprint density at radius 2 is 1.71 bits per heavy atom. The number of para-hydroxylation sites is 2. The molecule has 0 atom stereocenters. The van der Waals surface area contributed by atoms with E-state index in [0.29, 0.717) is 32.5 Å². The van der Waals surface area contributed by atoms with Crippen LogP contribution in [0.4, 0.5) is 11.4 Å². The first-order valence-corrected chi connectivity index (χ1v) is 11.4.